The molecule has 0 bridgehead atoms. The number of carboxylic acid groups (broad SMARTS) is 1. The number of anilines is 1. The summed E-state index contributed by atoms with van der Waals surface area (Å²) in [4.78, 5) is 26.6. The van der Waals surface area contributed by atoms with E-state index in [0.29, 0.717) is 23.0 Å². The van der Waals surface area contributed by atoms with Crippen LogP contribution in [-0.2, 0) is 9.59 Å². The largest absolute Gasteiger partial charge is 0.482 e. The second-order valence-corrected chi connectivity index (χ2v) is 5.76. The van der Waals surface area contributed by atoms with Crippen molar-refractivity contribution in [2.24, 2.45) is 0 Å². The van der Waals surface area contributed by atoms with Gasteiger partial charge in [0.15, 0.2) is 11.7 Å². The first-order chi connectivity index (χ1) is 11.1. The van der Waals surface area contributed by atoms with E-state index in [1.807, 2.05) is 18.4 Å². The van der Waals surface area contributed by atoms with Crippen LogP contribution in [0.3, 0.4) is 0 Å². The highest BCUT2D eigenvalue weighted by Gasteiger charge is 2.09. The van der Waals surface area contributed by atoms with Crippen LogP contribution in [0.1, 0.15) is 26.2 Å². The van der Waals surface area contributed by atoms with Crippen molar-refractivity contribution in [3.63, 3.8) is 0 Å². The molecule has 2 rings (SSSR count). The number of hydrogen-bond acceptors (Lipinski definition) is 5. The maximum atomic E-state index is 11.7. The quantitative estimate of drug-likeness (QED) is 0.772. The molecule has 0 aliphatic carbocycles. The van der Waals surface area contributed by atoms with Crippen molar-refractivity contribution in [3.05, 3.63) is 29.6 Å². The van der Waals surface area contributed by atoms with Gasteiger partial charge in [-0.15, -0.1) is 11.3 Å². The van der Waals surface area contributed by atoms with Crippen LogP contribution in [0.5, 0.6) is 5.75 Å². The van der Waals surface area contributed by atoms with E-state index < -0.39 is 5.97 Å². The van der Waals surface area contributed by atoms with Gasteiger partial charge in [-0.3, -0.25) is 4.79 Å². The molecular formula is C16H18N2O4S. The van der Waals surface area contributed by atoms with Crippen molar-refractivity contribution < 1.29 is 19.4 Å². The van der Waals surface area contributed by atoms with Crippen molar-refractivity contribution in [2.75, 3.05) is 11.9 Å². The first-order valence-electron chi connectivity index (χ1n) is 7.29. The molecule has 2 N–H and O–H groups in total. The maximum Gasteiger partial charge on any atom is 0.341 e. The van der Waals surface area contributed by atoms with Gasteiger partial charge in [-0.1, -0.05) is 25.5 Å². The predicted octanol–water partition coefficient (Wildman–Crippen LogP) is 3.40. The molecular weight excluding hydrogens is 316 g/mol. The molecule has 2 aromatic rings. The average molecular weight is 334 g/mol. The second kappa shape index (κ2) is 8.28. The topological polar surface area (TPSA) is 88.5 Å². The number of nitrogens with one attached hydrogen (secondary N) is 1. The van der Waals surface area contributed by atoms with Crippen LogP contribution in [0.25, 0.3) is 11.3 Å². The van der Waals surface area contributed by atoms with Gasteiger partial charge in [0.2, 0.25) is 5.91 Å². The van der Waals surface area contributed by atoms with Crippen molar-refractivity contribution in [1.82, 2.24) is 4.98 Å². The number of hydrogen-bond donors (Lipinski definition) is 2. The summed E-state index contributed by atoms with van der Waals surface area (Å²) in [6, 6.07) is 7.03. The summed E-state index contributed by atoms with van der Waals surface area (Å²) in [5, 5.41) is 13.8. The highest BCUT2D eigenvalue weighted by atomic mass is 32.1. The zero-order valence-corrected chi connectivity index (χ0v) is 13.6. The molecule has 0 aliphatic heterocycles. The van der Waals surface area contributed by atoms with Crippen molar-refractivity contribution >= 4 is 28.3 Å². The van der Waals surface area contributed by atoms with Gasteiger partial charge in [-0.05, 0) is 18.6 Å². The molecule has 23 heavy (non-hydrogen) atoms. The molecule has 0 aliphatic rings. The minimum atomic E-state index is -1.03. The van der Waals surface area contributed by atoms with Crippen molar-refractivity contribution in [1.29, 1.82) is 0 Å². The van der Waals surface area contributed by atoms with Gasteiger partial charge in [0, 0.05) is 17.4 Å². The number of unbranched alkanes of at least 4 members (excludes halogenated alkanes) is 1. The zero-order valence-electron chi connectivity index (χ0n) is 12.7. The molecule has 6 nitrogen and oxygen atoms in total. The summed E-state index contributed by atoms with van der Waals surface area (Å²) in [6.07, 6.45) is 2.32. The standard InChI is InChI=1S/C16H18N2O4S/c1-2-3-7-14(19)18-16-17-13(10-23-16)11-5-4-6-12(8-11)22-9-15(20)21/h4-6,8,10H,2-3,7,9H2,1H3,(H,20,21)(H,17,18,19). The third-order valence-electron chi connectivity index (χ3n) is 3.00. The molecule has 0 spiro atoms. The van der Waals surface area contributed by atoms with E-state index in [1.54, 1.807) is 18.2 Å². The van der Waals surface area contributed by atoms with E-state index in [9.17, 15) is 9.59 Å². The van der Waals surface area contributed by atoms with E-state index in [2.05, 4.69) is 10.3 Å². The lowest BCUT2D eigenvalue weighted by atomic mass is 10.2. The van der Waals surface area contributed by atoms with E-state index in [0.717, 1.165) is 18.4 Å². The number of thiazole rings is 1. The minimum Gasteiger partial charge on any atom is -0.482 e. The van der Waals surface area contributed by atoms with Crippen molar-refractivity contribution in [3.8, 4) is 17.0 Å². The number of carbonyl (C=O) groups is 2. The molecule has 1 aromatic carbocycles. The van der Waals surface area contributed by atoms with Crippen LogP contribution in [0.15, 0.2) is 29.6 Å². The van der Waals surface area contributed by atoms with Gasteiger partial charge < -0.3 is 15.2 Å². The number of rotatable bonds is 8. The van der Waals surface area contributed by atoms with Crippen LogP contribution in [0.4, 0.5) is 5.13 Å². The highest BCUT2D eigenvalue weighted by Crippen LogP contribution is 2.27. The summed E-state index contributed by atoms with van der Waals surface area (Å²) in [7, 11) is 0. The normalized spacial score (nSPS) is 10.3. The number of ether oxygens (including phenoxy) is 1. The van der Waals surface area contributed by atoms with Gasteiger partial charge in [-0.25, -0.2) is 9.78 Å². The van der Waals surface area contributed by atoms with E-state index in [1.165, 1.54) is 11.3 Å². The van der Waals surface area contributed by atoms with Crippen LogP contribution < -0.4 is 10.1 Å². The Kier molecular flexibility index (Phi) is 6.10. The summed E-state index contributed by atoms with van der Waals surface area (Å²) < 4.78 is 5.15. The first kappa shape index (κ1) is 17.0. The van der Waals surface area contributed by atoms with Crippen LogP contribution >= 0.6 is 11.3 Å². The molecule has 122 valence electrons. The Bertz CT molecular complexity index is 684. The lowest BCUT2D eigenvalue weighted by molar-refractivity contribution is -0.139. The summed E-state index contributed by atoms with van der Waals surface area (Å²) in [6.45, 7) is 1.65. The fourth-order valence-electron chi connectivity index (χ4n) is 1.87. The summed E-state index contributed by atoms with van der Waals surface area (Å²) in [5.74, 6) is -0.598. The number of carbonyl (C=O) groups excluding carboxylic acids is 1. The molecule has 1 aromatic heterocycles. The number of amides is 1. The van der Waals surface area contributed by atoms with E-state index >= 15 is 0 Å². The van der Waals surface area contributed by atoms with Crippen LogP contribution in [0.2, 0.25) is 0 Å². The second-order valence-electron chi connectivity index (χ2n) is 4.90. The Morgan fingerprint density at radius 1 is 1.39 bits per heavy atom. The molecule has 0 fully saturated rings. The molecule has 7 heteroatoms. The summed E-state index contributed by atoms with van der Waals surface area (Å²) in [5.41, 5.74) is 1.51. The smallest absolute Gasteiger partial charge is 0.341 e. The monoisotopic (exact) mass is 334 g/mol. The Morgan fingerprint density at radius 3 is 2.96 bits per heavy atom. The molecule has 0 saturated carbocycles. The number of aliphatic carboxylic acids is 1. The predicted molar refractivity (Wildman–Crippen MR) is 88.8 cm³/mol. The van der Waals surface area contributed by atoms with Gasteiger partial charge >= 0.3 is 5.97 Å². The Morgan fingerprint density at radius 2 is 2.22 bits per heavy atom. The van der Waals surface area contributed by atoms with Gasteiger partial charge in [-0.2, -0.15) is 0 Å². The molecule has 0 saturated heterocycles. The zero-order chi connectivity index (χ0) is 16.7. The SMILES string of the molecule is CCCCC(=O)Nc1nc(-c2cccc(OCC(=O)O)c2)cs1. The number of aromatic nitrogens is 1. The van der Waals surface area contributed by atoms with Crippen LogP contribution in [-0.4, -0.2) is 28.6 Å². The lowest BCUT2D eigenvalue weighted by Gasteiger charge is -2.04. The maximum absolute atomic E-state index is 11.7. The van der Waals surface area contributed by atoms with Gasteiger partial charge in [0.25, 0.3) is 0 Å². The molecule has 0 unspecified atom stereocenters. The number of nitrogens with zero attached hydrogens (tertiary/aromatic N) is 1. The van der Waals surface area contributed by atoms with Crippen molar-refractivity contribution in [2.45, 2.75) is 26.2 Å². The fraction of sp³-hybridized carbons (Fsp3) is 0.312. The number of benzene rings is 1. The molecule has 1 amide bonds. The van der Waals surface area contributed by atoms with E-state index in [4.69, 9.17) is 9.84 Å². The fourth-order valence-corrected chi connectivity index (χ4v) is 2.61. The Labute approximate surface area is 138 Å². The Hall–Kier alpha value is -2.41. The van der Waals surface area contributed by atoms with Gasteiger partial charge in [0.1, 0.15) is 5.75 Å². The Balaban J connectivity index is 2.03. The van der Waals surface area contributed by atoms with Crippen LogP contribution in [0, 0.1) is 0 Å². The minimum absolute atomic E-state index is 0.0358. The highest BCUT2D eigenvalue weighted by molar-refractivity contribution is 7.14. The van der Waals surface area contributed by atoms with Gasteiger partial charge in [0.05, 0.1) is 5.69 Å². The first-order valence-corrected chi connectivity index (χ1v) is 8.17. The third-order valence-corrected chi connectivity index (χ3v) is 3.76. The third kappa shape index (κ3) is 5.37. The number of carboxylic acids is 1. The molecule has 0 atom stereocenters. The molecule has 0 radical (unpaired) electrons. The molecule has 1 heterocycles. The lowest BCUT2D eigenvalue weighted by Crippen LogP contribution is -2.10. The summed E-state index contributed by atoms with van der Waals surface area (Å²) >= 11 is 1.35. The average Bonchev–Trinajstić information content (AvgIpc) is 2.99. The van der Waals surface area contributed by atoms with E-state index in [-0.39, 0.29) is 12.5 Å².